The molecule has 0 bridgehead atoms. The van der Waals surface area contributed by atoms with Crippen molar-refractivity contribution in [3.05, 3.63) is 65.2 Å². The summed E-state index contributed by atoms with van der Waals surface area (Å²) in [6.07, 6.45) is 0.981. The van der Waals surface area contributed by atoms with Crippen molar-refractivity contribution in [2.24, 2.45) is 0 Å². The van der Waals surface area contributed by atoms with Crippen molar-refractivity contribution in [1.82, 2.24) is 15.5 Å². The molecule has 2 aromatic rings. The highest BCUT2D eigenvalue weighted by Crippen LogP contribution is 2.28. The number of ether oxygens (including phenoxy) is 1. The van der Waals surface area contributed by atoms with E-state index < -0.39 is 35.2 Å². The van der Waals surface area contributed by atoms with Crippen LogP contribution < -0.4 is 10.6 Å². The molecule has 2 unspecified atom stereocenters. The van der Waals surface area contributed by atoms with Gasteiger partial charge in [-0.05, 0) is 83.7 Å². The van der Waals surface area contributed by atoms with Crippen LogP contribution in [0.2, 0.25) is 0 Å². The summed E-state index contributed by atoms with van der Waals surface area (Å²) in [5.41, 5.74) is 0.742. The molecule has 0 spiro atoms. The normalized spacial score (nSPS) is 13.2. The number of benzene rings is 2. The van der Waals surface area contributed by atoms with Gasteiger partial charge in [0.1, 0.15) is 23.4 Å². The zero-order valence-corrected chi connectivity index (χ0v) is 24.6. The fraction of sp³-hybridized carbons (Fsp3) is 0.516. The Balaban J connectivity index is 2.59. The number of nitrogens with one attached hydrogen (secondary N) is 2. The molecule has 2 atom stereocenters. The lowest BCUT2D eigenvalue weighted by atomic mass is 9.97. The topological polar surface area (TPSA) is 108 Å². The van der Waals surface area contributed by atoms with Gasteiger partial charge in [-0.3, -0.25) is 9.59 Å². The maximum absolute atomic E-state index is 14.3. The molecular formula is C31H45N3O5. The maximum atomic E-state index is 14.3. The van der Waals surface area contributed by atoms with Gasteiger partial charge < -0.3 is 25.4 Å². The van der Waals surface area contributed by atoms with Crippen LogP contribution in [-0.4, -0.2) is 51.6 Å². The van der Waals surface area contributed by atoms with Crippen molar-refractivity contribution in [3.63, 3.8) is 0 Å². The summed E-state index contributed by atoms with van der Waals surface area (Å²) in [6.45, 7) is 15.0. The second-order valence-corrected chi connectivity index (χ2v) is 12.0. The molecule has 3 amide bonds. The fourth-order valence-corrected chi connectivity index (χ4v) is 4.15. The van der Waals surface area contributed by atoms with Crippen molar-refractivity contribution in [2.45, 2.75) is 97.9 Å². The molecule has 0 aliphatic rings. The molecule has 0 aliphatic heterocycles. The summed E-state index contributed by atoms with van der Waals surface area (Å²) in [5, 5.41) is 15.9. The van der Waals surface area contributed by atoms with Crippen LogP contribution in [-0.2, 0) is 20.7 Å². The number of alkyl carbamates (subject to hydrolysis) is 1. The summed E-state index contributed by atoms with van der Waals surface area (Å²) in [7, 11) is 0. The average Bonchev–Trinajstić information content (AvgIpc) is 2.81. The van der Waals surface area contributed by atoms with E-state index in [4.69, 9.17) is 4.74 Å². The number of nitrogens with zero attached hydrogens (tertiary/aromatic N) is 1. The summed E-state index contributed by atoms with van der Waals surface area (Å²) in [6, 6.07) is 12.4. The van der Waals surface area contributed by atoms with Crippen LogP contribution in [0.3, 0.4) is 0 Å². The number of rotatable bonds is 10. The van der Waals surface area contributed by atoms with Gasteiger partial charge in [0.05, 0.1) is 0 Å². The smallest absolute Gasteiger partial charge is 0.408 e. The molecule has 8 nitrogen and oxygen atoms in total. The van der Waals surface area contributed by atoms with E-state index in [0.29, 0.717) is 24.1 Å². The van der Waals surface area contributed by atoms with E-state index in [1.165, 1.54) is 6.07 Å². The van der Waals surface area contributed by atoms with Gasteiger partial charge in [0.15, 0.2) is 0 Å². The monoisotopic (exact) mass is 539 g/mol. The van der Waals surface area contributed by atoms with Crippen LogP contribution in [0, 0.1) is 6.92 Å². The predicted molar refractivity (Wildman–Crippen MR) is 153 cm³/mol. The second kappa shape index (κ2) is 13.5. The summed E-state index contributed by atoms with van der Waals surface area (Å²) < 4.78 is 5.48. The van der Waals surface area contributed by atoms with Crippen LogP contribution in [0.5, 0.6) is 5.75 Å². The number of phenolic OH excluding ortho intramolecular Hbond substituents is 1. The van der Waals surface area contributed by atoms with Gasteiger partial charge >= 0.3 is 6.09 Å². The van der Waals surface area contributed by atoms with Gasteiger partial charge in [0.2, 0.25) is 11.8 Å². The quantitative estimate of drug-likeness (QED) is 0.374. The molecule has 0 saturated carbocycles. The van der Waals surface area contributed by atoms with E-state index >= 15 is 0 Å². The number of amides is 3. The van der Waals surface area contributed by atoms with Gasteiger partial charge in [-0.15, -0.1) is 0 Å². The zero-order chi connectivity index (χ0) is 29.4. The highest BCUT2D eigenvalue weighted by atomic mass is 16.6. The van der Waals surface area contributed by atoms with Gasteiger partial charge in [-0.2, -0.15) is 0 Å². The SMILES string of the molecule is CCCCN(C(=O)C(Cc1ccccc1)NC(=O)OC(C)(C)C)C(C(=O)NC(C)(C)C)c1ccc(O)c(C)c1. The van der Waals surface area contributed by atoms with E-state index in [9.17, 15) is 19.5 Å². The molecule has 3 N–H and O–H groups in total. The Morgan fingerprint density at radius 2 is 1.64 bits per heavy atom. The Morgan fingerprint density at radius 1 is 1.00 bits per heavy atom. The minimum absolute atomic E-state index is 0.105. The van der Waals surface area contributed by atoms with Crippen molar-refractivity contribution in [3.8, 4) is 5.75 Å². The Hall–Kier alpha value is -3.55. The van der Waals surface area contributed by atoms with E-state index in [1.54, 1.807) is 44.7 Å². The number of carbonyl (C=O) groups excluding carboxylic acids is 3. The molecule has 0 saturated heterocycles. The van der Waals surface area contributed by atoms with Crippen molar-refractivity contribution >= 4 is 17.9 Å². The Morgan fingerprint density at radius 3 is 2.18 bits per heavy atom. The molecular weight excluding hydrogens is 494 g/mol. The minimum atomic E-state index is -0.971. The third kappa shape index (κ3) is 10.3. The third-order valence-corrected chi connectivity index (χ3v) is 5.90. The second-order valence-electron chi connectivity index (χ2n) is 12.0. The minimum Gasteiger partial charge on any atom is -0.508 e. The number of phenols is 1. The van der Waals surface area contributed by atoms with Crippen LogP contribution in [0.4, 0.5) is 4.79 Å². The molecule has 0 fully saturated rings. The summed E-state index contributed by atoms with van der Waals surface area (Å²) in [4.78, 5) is 42.5. The molecule has 0 heterocycles. The number of aromatic hydroxyl groups is 1. The molecule has 0 aromatic heterocycles. The van der Waals surface area contributed by atoms with Gasteiger partial charge in [0, 0.05) is 18.5 Å². The molecule has 214 valence electrons. The Labute approximate surface area is 233 Å². The van der Waals surface area contributed by atoms with Gasteiger partial charge in [-0.1, -0.05) is 49.7 Å². The lowest BCUT2D eigenvalue weighted by Gasteiger charge is -2.36. The number of unbranched alkanes of at least 4 members (excludes halogenated alkanes) is 1. The first-order chi connectivity index (χ1) is 18.1. The number of aryl methyl sites for hydroxylation is 1. The molecule has 2 rings (SSSR count). The molecule has 0 aliphatic carbocycles. The number of hydrogen-bond acceptors (Lipinski definition) is 5. The highest BCUT2D eigenvalue weighted by molar-refractivity contribution is 5.92. The molecule has 39 heavy (non-hydrogen) atoms. The molecule has 8 heteroatoms. The van der Waals surface area contributed by atoms with Crippen LogP contribution >= 0.6 is 0 Å². The van der Waals surface area contributed by atoms with Crippen molar-refractivity contribution in [2.75, 3.05) is 6.54 Å². The highest BCUT2D eigenvalue weighted by Gasteiger charge is 2.37. The van der Waals surface area contributed by atoms with Gasteiger partial charge in [-0.25, -0.2) is 4.79 Å². The lowest BCUT2D eigenvalue weighted by molar-refractivity contribution is -0.143. The Kier molecular flexibility index (Phi) is 11.0. The van der Waals surface area contributed by atoms with Crippen LogP contribution in [0.15, 0.2) is 48.5 Å². The largest absolute Gasteiger partial charge is 0.508 e. The van der Waals surface area contributed by atoms with Crippen molar-refractivity contribution in [1.29, 1.82) is 0 Å². The first kappa shape index (κ1) is 31.7. The molecule has 2 aromatic carbocycles. The van der Waals surface area contributed by atoms with E-state index in [1.807, 2.05) is 58.0 Å². The summed E-state index contributed by atoms with van der Waals surface area (Å²) >= 11 is 0. The standard InChI is InChI=1S/C31H45N3O5/c1-9-10-18-34(26(27(36)33-30(3,4)5)23-16-17-25(35)21(2)19-23)28(37)24(20-22-14-12-11-13-15-22)32-29(38)39-31(6,7)8/h11-17,19,24,26,35H,9-10,18,20H2,1-8H3,(H,32,38)(H,33,36). The molecule has 0 radical (unpaired) electrons. The summed E-state index contributed by atoms with van der Waals surface area (Å²) in [5.74, 6) is -0.626. The maximum Gasteiger partial charge on any atom is 0.408 e. The van der Waals surface area contributed by atoms with E-state index in [0.717, 1.165) is 12.0 Å². The van der Waals surface area contributed by atoms with E-state index in [-0.39, 0.29) is 18.1 Å². The lowest BCUT2D eigenvalue weighted by Crippen LogP contribution is -2.55. The number of hydrogen-bond donors (Lipinski definition) is 3. The first-order valence-corrected chi connectivity index (χ1v) is 13.6. The fourth-order valence-electron chi connectivity index (χ4n) is 4.15. The van der Waals surface area contributed by atoms with E-state index in [2.05, 4.69) is 10.6 Å². The van der Waals surface area contributed by atoms with Crippen LogP contribution in [0.1, 0.15) is 84.0 Å². The number of carbonyl (C=O) groups is 3. The zero-order valence-electron chi connectivity index (χ0n) is 24.6. The first-order valence-electron chi connectivity index (χ1n) is 13.6. The predicted octanol–water partition coefficient (Wildman–Crippen LogP) is 5.42. The average molecular weight is 540 g/mol. The van der Waals surface area contributed by atoms with Gasteiger partial charge in [0.25, 0.3) is 0 Å². The van der Waals surface area contributed by atoms with Crippen LogP contribution in [0.25, 0.3) is 0 Å². The van der Waals surface area contributed by atoms with Crippen molar-refractivity contribution < 1.29 is 24.2 Å². The third-order valence-electron chi connectivity index (χ3n) is 5.90. The Bertz CT molecular complexity index is 1120.